The molecule has 1 saturated carbocycles. The maximum absolute atomic E-state index is 11.8. The minimum Gasteiger partial charge on any atom is -0.331 e. The summed E-state index contributed by atoms with van der Waals surface area (Å²) in [6.07, 6.45) is 6.85. The van der Waals surface area contributed by atoms with Crippen LogP contribution in [0.3, 0.4) is 0 Å². The van der Waals surface area contributed by atoms with Crippen LogP contribution in [0.5, 0.6) is 0 Å². The second-order valence-electron chi connectivity index (χ2n) is 4.73. The van der Waals surface area contributed by atoms with Crippen LogP contribution >= 0.6 is 0 Å². The first-order valence-corrected chi connectivity index (χ1v) is 6.05. The maximum atomic E-state index is 11.8. The van der Waals surface area contributed by atoms with Crippen LogP contribution in [0.1, 0.15) is 38.5 Å². The molecule has 0 bridgehead atoms. The molecule has 16 heavy (non-hydrogen) atoms. The van der Waals surface area contributed by atoms with Gasteiger partial charge in [-0.1, -0.05) is 12.8 Å². The van der Waals surface area contributed by atoms with Crippen molar-refractivity contribution in [1.29, 1.82) is 0 Å². The number of piperidine rings is 1. The molecule has 5 heteroatoms. The summed E-state index contributed by atoms with van der Waals surface area (Å²) in [6.45, 7) is 0.702. The molecular formula is C11H19N3O2. The summed E-state index contributed by atoms with van der Waals surface area (Å²) in [6, 6.07) is 0.271. The van der Waals surface area contributed by atoms with Crippen LogP contribution in [0.2, 0.25) is 0 Å². The summed E-state index contributed by atoms with van der Waals surface area (Å²) in [5.74, 6) is 4.45. The van der Waals surface area contributed by atoms with Gasteiger partial charge in [0.25, 0.3) is 0 Å². The molecule has 1 aliphatic heterocycles. The maximum Gasteiger partial charge on any atom is 0.323 e. The lowest BCUT2D eigenvalue weighted by Gasteiger charge is -2.43. The van der Waals surface area contributed by atoms with Crippen molar-refractivity contribution < 1.29 is 9.59 Å². The number of fused-ring (bicyclic) bond motifs is 1. The Hall–Kier alpha value is -1.10. The number of nitrogens with one attached hydrogen (secondary N) is 1. The molecule has 0 aromatic heterocycles. The van der Waals surface area contributed by atoms with Gasteiger partial charge < -0.3 is 4.90 Å². The summed E-state index contributed by atoms with van der Waals surface area (Å²) >= 11 is 0. The standard InChI is InChI=1S/C11H19N3O2/c12-13-10(15)11(16)14-7-3-5-8-4-1-2-6-9(8)14/h8-9H,1-7,12H2,(H,13,15). The molecule has 1 heterocycles. The lowest BCUT2D eigenvalue weighted by atomic mass is 9.78. The Labute approximate surface area is 95.3 Å². The fraction of sp³-hybridized carbons (Fsp3) is 0.818. The van der Waals surface area contributed by atoms with E-state index < -0.39 is 11.8 Å². The normalized spacial score (nSPS) is 29.4. The van der Waals surface area contributed by atoms with Gasteiger partial charge in [0.15, 0.2) is 0 Å². The molecule has 2 amide bonds. The average molecular weight is 225 g/mol. The predicted octanol–water partition coefficient (Wildman–Crippen LogP) is 0.157. The van der Waals surface area contributed by atoms with Gasteiger partial charge in [-0.05, 0) is 31.6 Å². The Kier molecular flexibility index (Phi) is 3.43. The minimum absolute atomic E-state index is 0.271. The van der Waals surface area contributed by atoms with Crippen LogP contribution in [-0.4, -0.2) is 29.3 Å². The molecule has 3 N–H and O–H groups in total. The second-order valence-corrected chi connectivity index (χ2v) is 4.73. The summed E-state index contributed by atoms with van der Waals surface area (Å²) in [5.41, 5.74) is 1.93. The number of carbonyl (C=O) groups excluding carboxylic acids is 2. The van der Waals surface area contributed by atoms with Crippen LogP contribution < -0.4 is 11.3 Å². The van der Waals surface area contributed by atoms with Gasteiger partial charge in [0, 0.05) is 12.6 Å². The second kappa shape index (κ2) is 4.82. The van der Waals surface area contributed by atoms with Crippen molar-refractivity contribution in [3.8, 4) is 0 Å². The van der Waals surface area contributed by atoms with Crippen molar-refractivity contribution in [2.75, 3.05) is 6.54 Å². The van der Waals surface area contributed by atoms with Gasteiger partial charge in [-0.15, -0.1) is 0 Å². The number of rotatable bonds is 0. The van der Waals surface area contributed by atoms with Crippen molar-refractivity contribution in [3.63, 3.8) is 0 Å². The molecule has 90 valence electrons. The van der Waals surface area contributed by atoms with Crippen molar-refractivity contribution in [1.82, 2.24) is 10.3 Å². The lowest BCUT2D eigenvalue weighted by Crippen LogP contribution is -2.54. The van der Waals surface area contributed by atoms with Gasteiger partial charge in [-0.2, -0.15) is 0 Å². The largest absolute Gasteiger partial charge is 0.331 e. The number of likely N-dealkylation sites (tertiary alicyclic amines) is 1. The SMILES string of the molecule is NNC(=O)C(=O)N1CCCC2CCCCC21. The third kappa shape index (κ3) is 2.04. The van der Waals surface area contributed by atoms with E-state index in [-0.39, 0.29) is 6.04 Å². The number of hydrazine groups is 1. The number of hydrogen-bond acceptors (Lipinski definition) is 3. The van der Waals surface area contributed by atoms with E-state index in [1.54, 1.807) is 4.90 Å². The summed E-state index contributed by atoms with van der Waals surface area (Å²) in [4.78, 5) is 24.8. The van der Waals surface area contributed by atoms with Crippen LogP contribution in [0.25, 0.3) is 0 Å². The number of nitrogens with two attached hydrogens (primary N) is 1. The highest BCUT2D eigenvalue weighted by atomic mass is 16.2. The average Bonchev–Trinajstić information content (AvgIpc) is 2.36. The number of carbonyl (C=O) groups is 2. The zero-order valence-corrected chi connectivity index (χ0v) is 9.45. The highest BCUT2D eigenvalue weighted by Gasteiger charge is 2.37. The zero-order chi connectivity index (χ0) is 11.5. The van der Waals surface area contributed by atoms with Crippen molar-refractivity contribution in [2.24, 2.45) is 11.8 Å². The topological polar surface area (TPSA) is 75.4 Å². The minimum atomic E-state index is -0.689. The summed E-state index contributed by atoms with van der Waals surface area (Å²) in [5, 5.41) is 0. The van der Waals surface area contributed by atoms with Crippen LogP contribution in [0, 0.1) is 5.92 Å². The van der Waals surface area contributed by atoms with Gasteiger partial charge in [0.05, 0.1) is 0 Å². The number of hydrogen-bond donors (Lipinski definition) is 2. The van der Waals surface area contributed by atoms with Crippen molar-refractivity contribution >= 4 is 11.8 Å². The smallest absolute Gasteiger partial charge is 0.323 e. The van der Waals surface area contributed by atoms with Gasteiger partial charge in [0.1, 0.15) is 0 Å². The Morgan fingerprint density at radius 2 is 1.81 bits per heavy atom. The third-order valence-corrected chi connectivity index (χ3v) is 3.83. The quantitative estimate of drug-likeness (QED) is 0.267. The molecule has 1 aliphatic carbocycles. The molecule has 0 aromatic rings. The number of nitrogens with zero attached hydrogens (tertiary/aromatic N) is 1. The Bertz CT molecular complexity index is 291. The van der Waals surface area contributed by atoms with E-state index in [0.29, 0.717) is 12.5 Å². The van der Waals surface area contributed by atoms with Crippen molar-refractivity contribution in [2.45, 2.75) is 44.6 Å². The van der Waals surface area contributed by atoms with E-state index in [0.717, 1.165) is 19.3 Å². The fourth-order valence-electron chi connectivity index (χ4n) is 3.07. The van der Waals surface area contributed by atoms with Crippen LogP contribution in [-0.2, 0) is 9.59 Å². The third-order valence-electron chi connectivity index (χ3n) is 3.83. The van der Waals surface area contributed by atoms with E-state index in [2.05, 4.69) is 0 Å². The van der Waals surface area contributed by atoms with E-state index in [4.69, 9.17) is 5.84 Å². The molecule has 0 spiro atoms. The first-order chi connectivity index (χ1) is 7.74. The number of amides is 2. The molecule has 0 aromatic carbocycles. The predicted molar refractivity (Wildman–Crippen MR) is 59.0 cm³/mol. The van der Waals surface area contributed by atoms with Gasteiger partial charge in [-0.3, -0.25) is 15.0 Å². The highest BCUT2D eigenvalue weighted by molar-refractivity contribution is 6.34. The fourth-order valence-corrected chi connectivity index (χ4v) is 3.07. The summed E-state index contributed by atoms with van der Waals surface area (Å²) in [7, 11) is 0. The monoisotopic (exact) mass is 225 g/mol. The van der Waals surface area contributed by atoms with Crippen molar-refractivity contribution in [3.05, 3.63) is 0 Å². The van der Waals surface area contributed by atoms with E-state index in [1.165, 1.54) is 19.3 Å². The molecule has 1 saturated heterocycles. The van der Waals surface area contributed by atoms with E-state index in [1.807, 2.05) is 5.43 Å². The molecule has 2 fully saturated rings. The highest BCUT2D eigenvalue weighted by Crippen LogP contribution is 2.35. The molecule has 2 rings (SSSR count). The summed E-state index contributed by atoms with van der Waals surface area (Å²) < 4.78 is 0. The van der Waals surface area contributed by atoms with Gasteiger partial charge in [0.2, 0.25) is 0 Å². The molecule has 0 radical (unpaired) electrons. The molecule has 2 atom stereocenters. The van der Waals surface area contributed by atoms with E-state index in [9.17, 15) is 9.59 Å². The Morgan fingerprint density at radius 1 is 1.12 bits per heavy atom. The molecule has 5 nitrogen and oxygen atoms in total. The Balaban J connectivity index is 2.07. The molecular weight excluding hydrogens is 206 g/mol. The first-order valence-electron chi connectivity index (χ1n) is 6.05. The lowest BCUT2D eigenvalue weighted by molar-refractivity contribution is -0.150. The van der Waals surface area contributed by atoms with Crippen LogP contribution in [0.15, 0.2) is 0 Å². The van der Waals surface area contributed by atoms with Gasteiger partial charge >= 0.3 is 11.8 Å². The van der Waals surface area contributed by atoms with Gasteiger partial charge in [-0.25, -0.2) is 5.84 Å². The first kappa shape index (κ1) is 11.4. The molecule has 2 unspecified atom stereocenters. The van der Waals surface area contributed by atoms with E-state index >= 15 is 0 Å². The van der Waals surface area contributed by atoms with Crippen LogP contribution in [0.4, 0.5) is 0 Å². The Morgan fingerprint density at radius 3 is 2.56 bits per heavy atom. The molecule has 2 aliphatic rings. The zero-order valence-electron chi connectivity index (χ0n) is 9.45.